The third-order valence-electron chi connectivity index (χ3n) is 3.71. The Bertz CT molecular complexity index is 830. The average Bonchev–Trinajstić information content (AvgIpc) is 3.12. The van der Waals surface area contributed by atoms with Crippen molar-refractivity contribution in [3.8, 4) is 11.4 Å². The standard InChI is InChI=1S/C19H20N4O2/c1-25-18-10-6-5-9-17(18)22-19(24)20-12-11-15-13-21-23(14-15)16-7-3-2-4-8-16/h2-10,13-14H,11-12H2,1H3,(H2,20,22,24). The lowest BCUT2D eigenvalue weighted by Crippen LogP contribution is -2.30. The molecule has 3 aromatic rings. The van der Waals surface area contributed by atoms with Gasteiger partial charge in [0.15, 0.2) is 0 Å². The third-order valence-corrected chi connectivity index (χ3v) is 3.71. The van der Waals surface area contributed by atoms with E-state index in [0.717, 1.165) is 11.3 Å². The maximum Gasteiger partial charge on any atom is 0.319 e. The number of carbonyl (C=O) groups is 1. The molecular weight excluding hydrogens is 316 g/mol. The first kappa shape index (κ1) is 16.6. The zero-order valence-electron chi connectivity index (χ0n) is 14.0. The molecule has 6 heteroatoms. The van der Waals surface area contributed by atoms with Gasteiger partial charge in [0.1, 0.15) is 5.75 Å². The monoisotopic (exact) mass is 336 g/mol. The van der Waals surface area contributed by atoms with E-state index in [0.29, 0.717) is 24.4 Å². The van der Waals surface area contributed by atoms with Crippen molar-refractivity contribution in [1.82, 2.24) is 15.1 Å². The lowest BCUT2D eigenvalue weighted by molar-refractivity contribution is 0.252. The van der Waals surface area contributed by atoms with Crippen LogP contribution < -0.4 is 15.4 Å². The highest BCUT2D eigenvalue weighted by molar-refractivity contribution is 5.90. The second-order valence-electron chi connectivity index (χ2n) is 5.46. The van der Waals surface area contributed by atoms with Crippen LogP contribution in [0.3, 0.4) is 0 Å². The van der Waals surface area contributed by atoms with Crippen LogP contribution in [0, 0.1) is 0 Å². The molecule has 128 valence electrons. The van der Waals surface area contributed by atoms with Crippen molar-refractivity contribution in [2.45, 2.75) is 6.42 Å². The largest absolute Gasteiger partial charge is 0.495 e. The van der Waals surface area contributed by atoms with Gasteiger partial charge in [-0.15, -0.1) is 0 Å². The number of rotatable bonds is 6. The van der Waals surface area contributed by atoms with Gasteiger partial charge in [-0.2, -0.15) is 5.10 Å². The van der Waals surface area contributed by atoms with Gasteiger partial charge in [0.05, 0.1) is 24.7 Å². The van der Waals surface area contributed by atoms with E-state index in [4.69, 9.17) is 4.74 Å². The number of urea groups is 1. The van der Waals surface area contributed by atoms with Crippen LogP contribution in [-0.2, 0) is 6.42 Å². The van der Waals surface area contributed by atoms with Crippen LogP contribution in [0.2, 0.25) is 0 Å². The zero-order chi connectivity index (χ0) is 17.5. The van der Waals surface area contributed by atoms with E-state index < -0.39 is 0 Å². The smallest absolute Gasteiger partial charge is 0.319 e. The number of nitrogens with one attached hydrogen (secondary N) is 2. The van der Waals surface area contributed by atoms with Crippen molar-refractivity contribution in [2.75, 3.05) is 19.0 Å². The highest BCUT2D eigenvalue weighted by Gasteiger charge is 2.06. The SMILES string of the molecule is COc1ccccc1NC(=O)NCCc1cnn(-c2ccccc2)c1. The van der Waals surface area contributed by atoms with Gasteiger partial charge in [-0.25, -0.2) is 9.48 Å². The molecule has 0 fully saturated rings. The Balaban J connectivity index is 1.50. The molecule has 1 aromatic heterocycles. The van der Waals surface area contributed by atoms with E-state index in [2.05, 4.69) is 15.7 Å². The lowest BCUT2D eigenvalue weighted by atomic mass is 10.2. The normalized spacial score (nSPS) is 10.3. The zero-order valence-corrected chi connectivity index (χ0v) is 14.0. The van der Waals surface area contributed by atoms with Crippen LogP contribution in [0.4, 0.5) is 10.5 Å². The summed E-state index contributed by atoms with van der Waals surface area (Å²) >= 11 is 0. The number of para-hydroxylation sites is 3. The topological polar surface area (TPSA) is 68.2 Å². The minimum absolute atomic E-state index is 0.264. The van der Waals surface area contributed by atoms with Crippen LogP contribution in [0.15, 0.2) is 67.0 Å². The van der Waals surface area contributed by atoms with Gasteiger partial charge in [-0.05, 0) is 36.2 Å². The Kier molecular flexibility index (Phi) is 5.31. The summed E-state index contributed by atoms with van der Waals surface area (Å²) in [6.45, 7) is 0.515. The highest BCUT2D eigenvalue weighted by Crippen LogP contribution is 2.22. The predicted molar refractivity (Wildman–Crippen MR) is 97.3 cm³/mol. The summed E-state index contributed by atoms with van der Waals surface area (Å²) in [5, 5.41) is 9.97. The van der Waals surface area contributed by atoms with Gasteiger partial charge in [-0.1, -0.05) is 30.3 Å². The second kappa shape index (κ2) is 8.01. The van der Waals surface area contributed by atoms with Crippen molar-refractivity contribution in [3.63, 3.8) is 0 Å². The molecule has 2 amide bonds. The summed E-state index contributed by atoms with van der Waals surface area (Å²) in [6.07, 6.45) is 4.48. The molecular formula is C19H20N4O2. The molecule has 0 saturated heterocycles. The van der Waals surface area contributed by atoms with Gasteiger partial charge in [0.2, 0.25) is 0 Å². The summed E-state index contributed by atoms with van der Waals surface area (Å²) in [4.78, 5) is 12.0. The van der Waals surface area contributed by atoms with Crippen LogP contribution in [-0.4, -0.2) is 29.5 Å². The minimum atomic E-state index is -0.264. The minimum Gasteiger partial charge on any atom is -0.495 e. The molecule has 0 atom stereocenters. The maximum atomic E-state index is 12.0. The number of carbonyl (C=O) groups excluding carboxylic acids is 1. The summed E-state index contributed by atoms with van der Waals surface area (Å²) in [7, 11) is 1.57. The Morgan fingerprint density at radius 1 is 1.12 bits per heavy atom. The van der Waals surface area contributed by atoms with Crippen LogP contribution >= 0.6 is 0 Å². The van der Waals surface area contributed by atoms with Crippen molar-refractivity contribution < 1.29 is 9.53 Å². The van der Waals surface area contributed by atoms with E-state index in [1.54, 1.807) is 19.2 Å². The van der Waals surface area contributed by atoms with Gasteiger partial charge in [0, 0.05) is 12.7 Å². The molecule has 0 bridgehead atoms. The Morgan fingerprint density at radius 2 is 1.88 bits per heavy atom. The molecule has 1 heterocycles. The first-order valence-corrected chi connectivity index (χ1v) is 8.03. The molecule has 2 aromatic carbocycles. The summed E-state index contributed by atoms with van der Waals surface area (Å²) in [6, 6.07) is 16.9. The quantitative estimate of drug-likeness (QED) is 0.726. The molecule has 6 nitrogen and oxygen atoms in total. The number of aromatic nitrogens is 2. The van der Waals surface area contributed by atoms with Crippen LogP contribution in [0.1, 0.15) is 5.56 Å². The van der Waals surface area contributed by atoms with Crippen LogP contribution in [0.5, 0.6) is 5.75 Å². The lowest BCUT2D eigenvalue weighted by Gasteiger charge is -2.10. The molecule has 0 spiro atoms. The molecule has 0 saturated carbocycles. The summed E-state index contributed by atoms with van der Waals surface area (Å²) in [5.74, 6) is 0.627. The van der Waals surface area contributed by atoms with Crippen molar-refractivity contribution in [2.24, 2.45) is 0 Å². The van der Waals surface area contributed by atoms with Crippen molar-refractivity contribution in [3.05, 3.63) is 72.6 Å². The first-order chi connectivity index (χ1) is 12.3. The molecule has 0 aliphatic carbocycles. The average molecular weight is 336 g/mol. The highest BCUT2D eigenvalue weighted by atomic mass is 16.5. The number of nitrogens with zero attached hydrogens (tertiary/aromatic N) is 2. The van der Waals surface area contributed by atoms with Gasteiger partial charge in [0.25, 0.3) is 0 Å². The number of hydrogen-bond acceptors (Lipinski definition) is 3. The number of anilines is 1. The third kappa shape index (κ3) is 4.38. The number of ether oxygens (including phenoxy) is 1. The Morgan fingerprint density at radius 3 is 2.68 bits per heavy atom. The molecule has 3 rings (SSSR count). The first-order valence-electron chi connectivity index (χ1n) is 8.03. The van der Waals surface area contributed by atoms with Gasteiger partial charge >= 0.3 is 6.03 Å². The second-order valence-corrected chi connectivity index (χ2v) is 5.46. The molecule has 0 radical (unpaired) electrons. The molecule has 0 aliphatic rings. The van der Waals surface area contributed by atoms with E-state index in [9.17, 15) is 4.79 Å². The van der Waals surface area contributed by atoms with E-state index in [1.807, 2.05) is 59.5 Å². The number of methoxy groups -OCH3 is 1. The fraction of sp³-hybridized carbons (Fsp3) is 0.158. The van der Waals surface area contributed by atoms with E-state index in [1.165, 1.54) is 0 Å². The molecule has 25 heavy (non-hydrogen) atoms. The number of amides is 2. The van der Waals surface area contributed by atoms with E-state index >= 15 is 0 Å². The summed E-state index contributed by atoms with van der Waals surface area (Å²) in [5.41, 5.74) is 2.71. The molecule has 0 unspecified atom stereocenters. The number of benzene rings is 2. The fourth-order valence-corrected chi connectivity index (χ4v) is 2.45. The van der Waals surface area contributed by atoms with Crippen molar-refractivity contribution >= 4 is 11.7 Å². The van der Waals surface area contributed by atoms with Gasteiger partial charge in [-0.3, -0.25) is 0 Å². The van der Waals surface area contributed by atoms with Crippen molar-refractivity contribution in [1.29, 1.82) is 0 Å². The van der Waals surface area contributed by atoms with Crippen LogP contribution in [0.25, 0.3) is 5.69 Å². The summed E-state index contributed by atoms with van der Waals surface area (Å²) < 4.78 is 7.03. The van der Waals surface area contributed by atoms with E-state index in [-0.39, 0.29) is 6.03 Å². The maximum absolute atomic E-state index is 12.0. The molecule has 2 N–H and O–H groups in total. The van der Waals surface area contributed by atoms with Gasteiger partial charge < -0.3 is 15.4 Å². The number of hydrogen-bond donors (Lipinski definition) is 2. The Labute approximate surface area is 146 Å². The predicted octanol–water partition coefficient (Wildman–Crippen LogP) is 3.25. The Hall–Kier alpha value is -3.28. The fourth-order valence-electron chi connectivity index (χ4n) is 2.45. The molecule has 0 aliphatic heterocycles.